The highest BCUT2D eigenvalue weighted by Crippen LogP contribution is 2.47. The topological polar surface area (TPSA) is 111 Å². The Morgan fingerprint density at radius 2 is 1.48 bits per heavy atom. The van der Waals surface area contributed by atoms with Crippen LogP contribution in [-0.4, -0.2) is 108 Å². The molecule has 11 heteroatoms. The zero-order chi connectivity index (χ0) is 39.9. The summed E-state index contributed by atoms with van der Waals surface area (Å²) in [7, 11) is 0. The third-order valence-corrected chi connectivity index (χ3v) is 13.1. The van der Waals surface area contributed by atoms with Crippen LogP contribution in [0.5, 0.6) is 11.5 Å². The van der Waals surface area contributed by atoms with E-state index in [2.05, 4.69) is 39.0 Å². The van der Waals surface area contributed by atoms with Crippen molar-refractivity contribution in [1.82, 2.24) is 14.7 Å². The zero-order valence-corrected chi connectivity index (χ0v) is 32.7. The van der Waals surface area contributed by atoms with Gasteiger partial charge in [0, 0.05) is 63.8 Å². The summed E-state index contributed by atoms with van der Waals surface area (Å²) >= 11 is 0. The Bertz CT molecular complexity index is 2220. The first-order valence-electron chi connectivity index (χ1n) is 20.7. The molecule has 3 heterocycles. The number of ether oxygens (including phenoxy) is 1. The molecule has 0 spiro atoms. The summed E-state index contributed by atoms with van der Waals surface area (Å²) in [5.41, 5.74) is 6.23. The number of likely N-dealkylation sites (tertiary alicyclic amines) is 1. The van der Waals surface area contributed by atoms with Crippen molar-refractivity contribution >= 4 is 29.1 Å². The average molecular weight is 785 g/mol. The van der Waals surface area contributed by atoms with Crippen LogP contribution in [0, 0.1) is 11.7 Å². The number of halogens is 1. The molecule has 3 fully saturated rings. The number of carbonyl (C=O) groups is 4. The summed E-state index contributed by atoms with van der Waals surface area (Å²) in [6, 6.07) is 25.5. The van der Waals surface area contributed by atoms with Crippen molar-refractivity contribution in [2.75, 3.05) is 63.9 Å². The molecule has 9 rings (SSSR count). The molecule has 4 atom stereocenters. The van der Waals surface area contributed by atoms with Gasteiger partial charge in [0.25, 0.3) is 11.8 Å². The van der Waals surface area contributed by atoms with E-state index in [1.807, 2.05) is 30.3 Å². The number of piperazine rings is 1. The van der Waals surface area contributed by atoms with Crippen molar-refractivity contribution in [3.8, 4) is 11.5 Å². The van der Waals surface area contributed by atoms with Crippen molar-refractivity contribution in [1.29, 1.82) is 0 Å². The Hall–Kier alpha value is -5.39. The minimum atomic E-state index is -0.858. The second-order valence-corrected chi connectivity index (χ2v) is 16.7. The average Bonchev–Trinajstić information content (AvgIpc) is 3.78. The molecule has 0 radical (unpaired) electrons. The summed E-state index contributed by atoms with van der Waals surface area (Å²) in [6.07, 6.45) is 3.12. The lowest BCUT2D eigenvalue weighted by Crippen LogP contribution is -2.48. The maximum atomic E-state index is 13.8. The number of benzene rings is 4. The number of hydrogen-bond acceptors (Lipinski definition) is 9. The highest BCUT2D eigenvalue weighted by Gasteiger charge is 2.44. The number of aromatic hydroxyl groups is 1. The molecule has 300 valence electrons. The Morgan fingerprint density at radius 1 is 0.724 bits per heavy atom. The maximum Gasteiger partial charge on any atom is 0.262 e. The van der Waals surface area contributed by atoms with E-state index in [0.29, 0.717) is 23.7 Å². The van der Waals surface area contributed by atoms with Gasteiger partial charge in [-0.15, -0.1) is 0 Å². The molecule has 4 aromatic rings. The second-order valence-electron chi connectivity index (χ2n) is 16.7. The van der Waals surface area contributed by atoms with Gasteiger partial charge in [-0.05, 0) is 121 Å². The normalized spacial score (nSPS) is 24.0. The molecule has 0 bridgehead atoms. The molecular formula is C47H49FN4O6. The Labute approximate surface area is 338 Å². The van der Waals surface area contributed by atoms with Crippen molar-refractivity contribution in [3.05, 3.63) is 124 Å². The van der Waals surface area contributed by atoms with Gasteiger partial charge < -0.3 is 14.7 Å². The van der Waals surface area contributed by atoms with E-state index < -0.39 is 17.9 Å². The molecule has 58 heavy (non-hydrogen) atoms. The molecule has 1 N–H and O–H groups in total. The summed E-state index contributed by atoms with van der Waals surface area (Å²) in [4.78, 5) is 59.1. The third kappa shape index (κ3) is 7.65. The van der Waals surface area contributed by atoms with E-state index in [4.69, 9.17) is 4.74 Å². The molecule has 5 aliphatic rings. The standard InChI is InChI=1S/C47H49FN4O6/c48-34-6-1-31(2-7-34)39-13-5-33-25-36(53)9-15-40(33)45(39)32-3-11-38(12-4-32)58-24-23-49-18-17-30(28-49)29-50-19-21-51(22-20-50)35-8-14-41-42(26-35)47(57)52(46(41)56)43-16-10-37(54)27-44(43)55/h1-4,6-9,11-12,14-15,25-26,30,39,43,45,53H,5,10,13,16-24,27-29H2/t30-,39-,43?,45+/m0/s1. The monoisotopic (exact) mass is 784 g/mol. The minimum Gasteiger partial charge on any atom is -0.508 e. The molecule has 1 unspecified atom stereocenters. The lowest BCUT2D eigenvalue weighted by Gasteiger charge is -2.37. The highest BCUT2D eigenvalue weighted by molar-refractivity contribution is 6.24. The van der Waals surface area contributed by atoms with E-state index in [9.17, 15) is 28.7 Å². The quantitative estimate of drug-likeness (QED) is 0.149. The number of aryl methyl sites for hydroxylation is 1. The zero-order valence-electron chi connectivity index (χ0n) is 32.7. The van der Waals surface area contributed by atoms with Crippen LogP contribution in [-0.2, 0) is 16.0 Å². The summed E-state index contributed by atoms with van der Waals surface area (Å²) in [5.74, 6) is 0.385. The number of imide groups is 1. The fourth-order valence-corrected chi connectivity index (χ4v) is 10.0. The van der Waals surface area contributed by atoms with Crippen LogP contribution in [0.2, 0.25) is 0 Å². The number of amides is 2. The Balaban J connectivity index is 0.742. The van der Waals surface area contributed by atoms with Gasteiger partial charge in [0.1, 0.15) is 29.7 Å². The summed E-state index contributed by atoms with van der Waals surface area (Å²) in [6.45, 7) is 8.07. The predicted octanol–water partition coefficient (Wildman–Crippen LogP) is 6.20. The lowest BCUT2D eigenvalue weighted by molar-refractivity contribution is -0.132. The molecule has 4 aromatic carbocycles. The lowest BCUT2D eigenvalue weighted by atomic mass is 9.69. The van der Waals surface area contributed by atoms with E-state index in [1.165, 1.54) is 23.3 Å². The van der Waals surface area contributed by atoms with Crippen LogP contribution in [0.1, 0.15) is 86.9 Å². The van der Waals surface area contributed by atoms with E-state index in [1.54, 1.807) is 18.2 Å². The van der Waals surface area contributed by atoms with Crippen LogP contribution < -0.4 is 9.64 Å². The van der Waals surface area contributed by atoms with Gasteiger partial charge in [0.15, 0.2) is 5.78 Å². The summed E-state index contributed by atoms with van der Waals surface area (Å²) in [5, 5.41) is 10.2. The van der Waals surface area contributed by atoms with Crippen LogP contribution in [0.25, 0.3) is 0 Å². The SMILES string of the molecule is O=C1CCC(N2C(=O)c3ccc(N4CCN(C[C@H]5CCN(CCOc6ccc([C@H]7c8ccc(O)cc8CC[C@H]7c7ccc(F)cc7)cc6)C5)CC4)cc3C2=O)C(=O)C1. The molecule has 2 saturated heterocycles. The van der Waals surface area contributed by atoms with Crippen LogP contribution in [0.15, 0.2) is 84.9 Å². The molecule has 1 saturated carbocycles. The first-order valence-corrected chi connectivity index (χ1v) is 20.7. The number of ketones is 2. The van der Waals surface area contributed by atoms with Gasteiger partial charge in [-0.2, -0.15) is 0 Å². The van der Waals surface area contributed by atoms with Crippen LogP contribution >= 0.6 is 0 Å². The number of phenols is 1. The van der Waals surface area contributed by atoms with Gasteiger partial charge in [-0.25, -0.2) is 4.39 Å². The fourth-order valence-electron chi connectivity index (χ4n) is 10.0. The van der Waals surface area contributed by atoms with Gasteiger partial charge in [-0.1, -0.05) is 30.3 Å². The van der Waals surface area contributed by atoms with Gasteiger partial charge >= 0.3 is 0 Å². The molecular weight excluding hydrogens is 736 g/mol. The Kier molecular flexibility index (Phi) is 10.6. The number of Topliss-reactive ketones (excluding diaryl/α,β-unsaturated/α-hetero) is 2. The predicted molar refractivity (Wildman–Crippen MR) is 217 cm³/mol. The first kappa shape index (κ1) is 38.1. The number of hydrogen-bond donors (Lipinski definition) is 1. The first-order chi connectivity index (χ1) is 28.2. The second kappa shape index (κ2) is 16.1. The molecule has 10 nitrogen and oxygen atoms in total. The Morgan fingerprint density at radius 3 is 2.26 bits per heavy atom. The van der Waals surface area contributed by atoms with Crippen LogP contribution in [0.3, 0.4) is 0 Å². The number of phenolic OH excluding ortho intramolecular Hbond substituents is 1. The minimum absolute atomic E-state index is 0.0897. The highest BCUT2D eigenvalue weighted by atomic mass is 19.1. The number of fused-ring (bicyclic) bond motifs is 2. The number of nitrogens with zero attached hydrogens (tertiary/aromatic N) is 4. The van der Waals surface area contributed by atoms with Crippen molar-refractivity contribution in [2.24, 2.45) is 5.92 Å². The van der Waals surface area contributed by atoms with Gasteiger partial charge in [0.2, 0.25) is 0 Å². The van der Waals surface area contributed by atoms with E-state index >= 15 is 0 Å². The van der Waals surface area contributed by atoms with Crippen LogP contribution in [0.4, 0.5) is 10.1 Å². The van der Waals surface area contributed by atoms with E-state index in [-0.39, 0.29) is 54.2 Å². The number of rotatable bonds is 10. The maximum absolute atomic E-state index is 13.8. The largest absolute Gasteiger partial charge is 0.508 e. The molecule has 3 aliphatic heterocycles. The van der Waals surface area contributed by atoms with Crippen molar-refractivity contribution < 1.29 is 33.4 Å². The van der Waals surface area contributed by atoms with Crippen molar-refractivity contribution in [3.63, 3.8) is 0 Å². The number of carbonyl (C=O) groups excluding carboxylic acids is 4. The smallest absolute Gasteiger partial charge is 0.262 e. The third-order valence-electron chi connectivity index (χ3n) is 13.1. The van der Waals surface area contributed by atoms with Gasteiger partial charge in [0.05, 0.1) is 23.6 Å². The molecule has 2 amide bonds. The van der Waals surface area contributed by atoms with Gasteiger partial charge in [-0.3, -0.25) is 33.9 Å². The fraction of sp³-hybridized carbons (Fsp3) is 0.404. The molecule has 0 aromatic heterocycles. The summed E-state index contributed by atoms with van der Waals surface area (Å²) < 4.78 is 20.0. The molecule has 2 aliphatic carbocycles. The van der Waals surface area contributed by atoms with E-state index in [0.717, 1.165) is 99.1 Å². The number of anilines is 1. The van der Waals surface area contributed by atoms with Crippen molar-refractivity contribution in [2.45, 2.75) is 56.4 Å².